The zero-order chi connectivity index (χ0) is 20.0. The predicted octanol–water partition coefficient (Wildman–Crippen LogP) is -0.519. The largest absolute Gasteiger partial charge is 0.480 e. The minimum Gasteiger partial charge on any atom is -0.480 e. The molecule has 12 heteroatoms. The highest BCUT2D eigenvalue weighted by Gasteiger charge is 2.19. The molecule has 2 aliphatic heterocycles. The van der Waals surface area contributed by atoms with Crippen molar-refractivity contribution in [3.05, 3.63) is 0 Å². The summed E-state index contributed by atoms with van der Waals surface area (Å²) in [5, 5.41) is 22.8. The van der Waals surface area contributed by atoms with E-state index in [1.807, 2.05) is 0 Å². The van der Waals surface area contributed by atoms with E-state index in [0.29, 0.717) is 0 Å². The van der Waals surface area contributed by atoms with Crippen molar-refractivity contribution in [1.82, 2.24) is 10.6 Å². The Hall–Kier alpha value is -1.07. The average Bonchev–Trinajstić information content (AvgIpc) is 2.62. The summed E-state index contributed by atoms with van der Waals surface area (Å²) in [7, 11) is -4.26. The highest BCUT2D eigenvalue weighted by molar-refractivity contribution is 7.46. The quantitative estimate of drug-likeness (QED) is 0.294. The number of hydrogen-bond donors (Lipinski definition) is 7. The van der Waals surface area contributed by atoms with Crippen molar-refractivity contribution in [2.45, 2.75) is 50.6 Å². The van der Waals surface area contributed by atoms with Crippen LogP contribution in [0.3, 0.4) is 0 Å². The summed E-state index contributed by atoms with van der Waals surface area (Å²) in [6.07, 6.45) is 5.90. The highest BCUT2D eigenvalue weighted by Crippen LogP contribution is 2.34. The van der Waals surface area contributed by atoms with E-state index in [0.717, 1.165) is 51.6 Å². The summed E-state index contributed by atoms with van der Waals surface area (Å²) < 4.78 is 13.7. The van der Waals surface area contributed by atoms with Gasteiger partial charge in [0.15, 0.2) is 0 Å². The summed E-state index contributed by atoms with van der Waals surface area (Å²) in [6, 6.07) is -0.558. The Morgan fingerprint density at radius 3 is 1.54 bits per heavy atom. The lowest BCUT2D eigenvalue weighted by molar-refractivity contribution is -0.141. The molecule has 26 heavy (non-hydrogen) atoms. The smallest absolute Gasteiger partial charge is 0.469 e. The minimum absolute atomic E-state index is 0.107. The molecule has 0 aromatic carbocycles. The lowest BCUT2D eigenvalue weighted by Gasteiger charge is -2.18. The zero-order valence-electron chi connectivity index (χ0n) is 14.7. The van der Waals surface area contributed by atoms with Gasteiger partial charge in [0.25, 0.3) is 0 Å². The van der Waals surface area contributed by atoms with Gasteiger partial charge in [-0.3, -0.25) is 14.1 Å². The second-order valence-electron chi connectivity index (χ2n) is 5.79. The molecule has 11 nitrogen and oxygen atoms in total. The van der Waals surface area contributed by atoms with Gasteiger partial charge in [-0.05, 0) is 38.8 Å². The van der Waals surface area contributed by atoms with Crippen molar-refractivity contribution in [2.75, 3.05) is 26.2 Å². The normalized spacial score (nSPS) is 22.9. The maximum absolute atomic E-state index is 10.3. The first-order chi connectivity index (χ1) is 12.2. The van der Waals surface area contributed by atoms with Gasteiger partial charge in [0, 0.05) is 6.54 Å². The molecule has 0 spiro atoms. The number of phosphoric acid groups is 1. The lowest BCUT2D eigenvalue weighted by atomic mass is 10.1. The van der Waals surface area contributed by atoms with Crippen LogP contribution in [0, 0.1) is 0 Å². The standard InChI is InChI=1S/2C6H11NO2.C2H8NO4P/c2*8-6(9)5-3-1-2-4-7-5;3-1-2-7-8(4,5)6/h2*5,7H,1-4H2,(H,8,9);1-3H2,(H2,4,5,6). The van der Waals surface area contributed by atoms with Crippen LogP contribution in [0.2, 0.25) is 0 Å². The topological polar surface area (TPSA) is 191 Å². The van der Waals surface area contributed by atoms with Crippen molar-refractivity contribution in [2.24, 2.45) is 5.73 Å². The molecule has 2 aliphatic rings. The number of aliphatic carboxylic acids is 2. The first-order valence-electron chi connectivity index (χ1n) is 8.50. The molecule has 2 rings (SSSR count). The fourth-order valence-corrected chi connectivity index (χ4v) is 2.64. The van der Waals surface area contributed by atoms with Gasteiger partial charge in [-0.15, -0.1) is 0 Å². The molecular weight excluding hydrogens is 369 g/mol. The molecule has 0 amide bonds. The Labute approximate surface area is 152 Å². The maximum atomic E-state index is 10.3. The van der Waals surface area contributed by atoms with Crippen LogP contribution < -0.4 is 16.4 Å². The van der Waals surface area contributed by atoms with E-state index in [1.54, 1.807) is 0 Å². The number of carboxylic acid groups (broad SMARTS) is 2. The van der Waals surface area contributed by atoms with Crippen molar-refractivity contribution >= 4 is 19.8 Å². The molecule has 0 saturated carbocycles. The number of rotatable bonds is 5. The molecule has 2 atom stereocenters. The van der Waals surface area contributed by atoms with E-state index in [4.69, 9.17) is 25.7 Å². The molecule has 154 valence electrons. The summed E-state index contributed by atoms with van der Waals surface area (Å²) in [5.41, 5.74) is 4.87. The molecule has 2 heterocycles. The van der Waals surface area contributed by atoms with Crippen LogP contribution in [0.5, 0.6) is 0 Å². The van der Waals surface area contributed by atoms with E-state index in [-0.39, 0.29) is 25.2 Å². The number of carbonyl (C=O) groups is 2. The molecule has 0 aromatic heterocycles. The number of carboxylic acids is 2. The summed E-state index contributed by atoms with van der Waals surface area (Å²) in [6.45, 7) is 1.73. The van der Waals surface area contributed by atoms with Gasteiger partial charge >= 0.3 is 19.8 Å². The molecule has 0 bridgehead atoms. The van der Waals surface area contributed by atoms with Crippen molar-refractivity contribution in [3.8, 4) is 0 Å². The van der Waals surface area contributed by atoms with E-state index >= 15 is 0 Å². The fraction of sp³-hybridized carbons (Fsp3) is 0.857. The van der Waals surface area contributed by atoms with Crippen molar-refractivity contribution in [3.63, 3.8) is 0 Å². The van der Waals surface area contributed by atoms with Crippen molar-refractivity contribution < 1.29 is 38.7 Å². The van der Waals surface area contributed by atoms with E-state index < -0.39 is 19.8 Å². The van der Waals surface area contributed by atoms with Gasteiger partial charge in [0.2, 0.25) is 0 Å². The van der Waals surface area contributed by atoms with Crippen molar-refractivity contribution in [1.29, 1.82) is 0 Å². The number of nitrogens with one attached hydrogen (secondary N) is 2. The molecule has 0 aromatic rings. The van der Waals surface area contributed by atoms with Crippen LogP contribution in [0.4, 0.5) is 0 Å². The van der Waals surface area contributed by atoms with Crippen LogP contribution in [0.25, 0.3) is 0 Å². The monoisotopic (exact) mass is 399 g/mol. The first-order valence-corrected chi connectivity index (χ1v) is 10.0. The first kappa shape index (κ1) is 24.9. The summed E-state index contributed by atoms with van der Waals surface area (Å²) >= 11 is 0. The Kier molecular flexibility index (Phi) is 13.5. The zero-order valence-corrected chi connectivity index (χ0v) is 15.6. The number of nitrogens with two attached hydrogens (primary N) is 1. The van der Waals surface area contributed by atoms with Gasteiger partial charge < -0.3 is 36.4 Å². The molecule has 2 saturated heterocycles. The SMILES string of the molecule is NCCOP(=O)(O)O.O=C(O)C1CCCCN1.O=C(O)C1CCCCN1. The van der Waals surface area contributed by atoms with Gasteiger partial charge in [-0.2, -0.15) is 0 Å². The Morgan fingerprint density at radius 2 is 1.38 bits per heavy atom. The Balaban J connectivity index is 0.000000362. The molecule has 2 unspecified atom stereocenters. The summed E-state index contributed by atoms with van der Waals surface area (Å²) in [4.78, 5) is 36.5. The molecular formula is C14H30N3O8P. The van der Waals surface area contributed by atoms with Gasteiger partial charge in [0.1, 0.15) is 12.1 Å². The third kappa shape index (κ3) is 14.1. The van der Waals surface area contributed by atoms with E-state index in [2.05, 4.69) is 15.2 Å². The van der Waals surface area contributed by atoms with Gasteiger partial charge in [0.05, 0.1) is 6.61 Å². The van der Waals surface area contributed by atoms with E-state index in [1.165, 1.54) is 0 Å². The Morgan fingerprint density at radius 1 is 0.962 bits per heavy atom. The van der Waals surface area contributed by atoms with Crippen LogP contribution in [-0.2, 0) is 18.7 Å². The van der Waals surface area contributed by atoms with Crippen LogP contribution in [0.1, 0.15) is 38.5 Å². The maximum Gasteiger partial charge on any atom is 0.469 e. The highest BCUT2D eigenvalue weighted by atomic mass is 31.2. The third-order valence-corrected chi connectivity index (χ3v) is 4.11. The number of piperidine rings is 2. The predicted molar refractivity (Wildman–Crippen MR) is 93.6 cm³/mol. The van der Waals surface area contributed by atoms with Crippen LogP contribution >= 0.6 is 7.82 Å². The van der Waals surface area contributed by atoms with Crippen LogP contribution in [0.15, 0.2) is 0 Å². The van der Waals surface area contributed by atoms with Gasteiger partial charge in [-0.25, -0.2) is 4.57 Å². The summed E-state index contributed by atoms with van der Waals surface area (Å²) in [5.74, 6) is -1.43. The van der Waals surface area contributed by atoms with Gasteiger partial charge in [-0.1, -0.05) is 12.8 Å². The minimum atomic E-state index is -4.26. The second kappa shape index (κ2) is 14.0. The molecule has 2 fully saturated rings. The average molecular weight is 399 g/mol. The molecule has 0 aliphatic carbocycles. The number of hydrogen-bond acceptors (Lipinski definition) is 7. The van der Waals surface area contributed by atoms with Crippen LogP contribution in [-0.4, -0.2) is 70.3 Å². The fourth-order valence-electron chi connectivity index (χ4n) is 2.30. The number of phosphoric ester groups is 1. The third-order valence-electron chi connectivity index (χ3n) is 3.59. The lowest BCUT2D eigenvalue weighted by Crippen LogP contribution is -2.40. The molecule has 8 N–H and O–H groups in total. The van der Waals surface area contributed by atoms with E-state index in [9.17, 15) is 14.2 Å². The molecule has 0 radical (unpaired) electrons. The Bertz CT molecular complexity index is 419. The second-order valence-corrected chi connectivity index (χ2v) is 7.03.